The van der Waals surface area contributed by atoms with Gasteiger partial charge < -0.3 is 106 Å². The average Bonchev–Trinajstić information content (AvgIpc) is 1.54. The molecule has 0 spiro atoms. The smallest absolute Gasteiger partial charge is 0.412 e. The summed E-state index contributed by atoms with van der Waals surface area (Å²) in [5.74, 6) is 0. The maximum Gasteiger partial charge on any atom is 3.00 e. The Hall–Kier alpha value is -1.52. The molecule has 165 valence electrons. The van der Waals surface area contributed by atoms with Crippen LogP contribution in [0.15, 0.2) is 0 Å². The van der Waals surface area contributed by atoms with Gasteiger partial charge in [0.25, 0.3) is 0 Å². The first-order valence-corrected chi connectivity index (χ1v) is 1.64. The summed E-state index contributed by atoms with van der Waals surface area (Å²) in [7, 11) is 0. The normalized spacial score (nSPS) is 3.00. The predicted octanol–water partition coefficient (Wildman–Crippen LogP) is -9.79. The van der Waals surface area contributed by atoms with Crippen molar-refractivity contribution in [2.24, 2.45) is 0 Å². The number of hydrogen-bond donors (Lipinski definition) is 0. The zero-order valence-electron chi connectivity index (χ0n) is 10.9. The molecule has 0 bridgehead atoms. The van der Waals surface area contributed by atoms with Gasteiger partial charge in [-0.25, -0.2) is 0 Å². The third kappa shape index (κ3) is 3390. The van der Waals surface area contributed by atoms with E-state index in [9.17, 15) is 0 Å². The summed E-state index contributed by atoms with van der Waals surface area (Å²) in [5, 5.41) is 44.2. The maximum absolute atomic E-state index is 8.25. The second-order valence-corrected chi connectivity index (χ2v) is 0.671. The molecule has 0 rings (SSSR count). The molecule has 0 heterocycles. The molecule has 0 amide bonds. The van der Waals surface area contributed by atoms with E-state index in [0.29, 0.717) is 0 Å². The molecule has 0 aliphatic rings. The van der Waals surface area contributed by atoms with Gasteiger partial charge in [-0.2, -0.15) is 0 Å². The largest absolute Gasteiger partial charge is 3.00 e. The Labute approximate surface area is 161 Å². The minimum Gasteiger partial charge on any atom is -0.412 e. The molecule has 0 aliphatic heterocycles. The molecule has 24 heteroatoms. The summed E-state index contributed by atoms with van der Waals surface area (Å²) in [6.45, 7) is 0. The number of rotatable bonds is 0. The van der Waals surface area contributed by atoms with Crippen LogP contribution in [-0.2, 0) is 0 Å². The molecular weight excluding hydrogens is 519 g/mol. The molecule has 0 unspecified atom stereocenters. The zero-order valence-corrected chi connectivity index (χ0v) is 13.1. The third-order valence-electron chi connectivity index (χ3n) is 0. The van der Waals surface area contributed by atoms with Crippen molar-refractivity contribution in [2.75, 3.05) is 0 Å². The SMILES string of the molecule is O.O.O.O.O.O.O.O.O.O.O.O=[N+]([O-])[O-].O=[N+]([O-])[O-].O=[N+]([O-])[O-].[Gd+3]. The van der Waals surface area contributed by atoms with Crippen LogP contribution in [0.2, 0.25) is 0 Å². The molecular formula is H22GdN3O20. The first kappa shape index (κ1) is 185. The first-order chi connectivity index (χ1) is 5.20. The van der Waals surface area contributed by atoms with Gasteiger partial charge in [-0.1, -0.05) is 0 Å². The van der Waals surface area contributed by atoms with Crippen LogP contribution in [0.25, 0.3) is 0 Å². The Morgan fingerprint density at radius 1 is 0.333 bits per heavy atom. The molecule has 23 nitrogen and oxygen atoms in total. The Bertz CT molecular complexity index is 116. The van der Waals surface area contributed by atoms with Crippen LogP contribution in [0.3, 0.4) is 0 Å². The standard InChI is InChI=1S/Gd.3NO3.11H2O/c;3*2-1(3)4;;;;;;;;;;;/h;;;;11*1H2/q+3;3*-1;;;;;;;;;;;. The Morgan fingerprint density at radius 2 is 0.333 bits per heavy atom. The Balaban J connectivity index is -0.00000000312. The van der Waals surface area contributed by atoms with E-state index in [1.807, 2.05) is 0 Å². The summed E-state index contributed by atoms with van der Waals surface area (Å²) in [6, 6.07) is 0. The molecule has 0 aromatic heterocycles. The predicted molar refractivity (Wildman–Crippen MR) is 70.8 cm³/mol. The topological polar surface area (TPSA) is 545 Å². The van der Waals surface area contributed by atoms with Gasteiger partial charge >= 0.3 is 39.9 Å². The fourth-order valence-corrected chi connectivity index (χ4v) is 0. The van der Waals surface area contributed by atoms with Gasteiger partial charge in [0.2, 0.25) is 0 Å². The van der Waals surface area contributed by atoms with Crippen LogP contribution < -0.4 is 0 Å². The minimum absolute atomic E-state index is 0. The first-order valence-electron chi connectivity index (χ1n) is 1.64. The molecule has 0 fully saturated rings. The molecule has 22 N–H and O–H groups in total. The monoisotopic (exact) mass is 542 g/mol. The van der Waals surface area contributed by atoms with E-state index in [-0.39, 0.29) is 100 Å². The third-order valence-corrected chi connectivity index (χ3v) is 0. The summed E-state index contributed by atoms with van der Waals surface area (Å²) in [5.41, 5.74) is 0. The van der Waals surface area contributed by atoms with E-state index in [0.717, 1.165) is 0 Å². The van der Waals surface area contributed by atoms with Crippen LogP contribution in [-0.4, -0.2) is 75.5 Å². The maximum atomic E-state index is 8.25. The fourth-order valence-electron chi connectivity index (χ4n) is 0. The van der Waals surface area contributed by atoms with Crippen molar-refractivity contribution in [3.05, 3.63) is 46.0 Å². The van der Waals surface area contributed by atoms with Crippen molar-refractivity contribution in [3.63, 3.8) is 0 Å². The van der Waals surface area contributed by atoms with Gasteiger partial charge in [-0.05, 0) is 0 Å². The molecule has 1 radical (unpaired) electrons. The van der Waals surface area contributed by atoms with E-state index < -0.39 is 15.3 Å². The molecule has 0 aliphatic carbocycles. The van der Waals surface area contributed by atoms with Crippen molar-refractivity contribution in [2.45, 2.75) is 0 Å². The van der Waals surface area contributed by atoms with E-state index in [1.54, 1.807) is 0 Å². The van der Waals surface area contributed by atoms with E-state index in [1.165, 1.54) is 0 Å². The van der Waals surface area contributed by atoms with E-state index in [4.69, 9.17) is 46.0 Å². The molecule has 0 aromatic rings. The second-order valence-electron chi connectivity index (χ2n) is 0.671. The van der Waals surface area contributed by atoms with Gasteiger partial charge in [0, 0.05) is 0 Å². The number of nitrogens with zero attached hydrogens (tertiary/aromatic N) is 3. The van der Waals surface area contributed by atoms with Crippen LogP contribution >= 0.6 is 0 Å². The van der Waals surface area contributed by atoms with Gasteiger partial charge in [0.15, 0.2) is 0 Å². The minimum atomic E-state index is -1.75. The van der Waals surface area contributed by atoms with Gasteiger partial charge in [-0.15, -0.1) is 0 Å². The average molecular weight is 541 g/mol. The van der Waals surface area contributed by atoms with Crippen molar-refractivity contribution in [1.82, 2.24) is 0 Å². The van der Waals surface area contributed by atoms with Crippen molar-refractivity contribution in [1.29, 1.82) is 0 Å². The van der Waals surface area contributed by atoms with Crippen LogP contribution in [0, 0.1) is 85.9 Å². The van der Waals surface area contributed by atoms with Crippen LogP contribution in [0.5, 0.6) is 0 Å². The molecule has 24 heavy (non-hydrogen) atoms. The van der Waals surface area contributed by atoms with Crippen molar-refractivity contribution in [3.8, 4) is 0 Å². The zero-order chi connectivity index (χ0) is 10.7. The van der Waals surface area contributed by atoms with Gasteiger partial charge in [0.1, 0.15) is 0 Å². The molecule has 0 atom stereocenters. The molecule has 0 saturated heterocycles. The fraction of sp³-hybridized carbons (Fsp3) is 0. The second kappa shape index (κ2) is 161. The van der Waals surface area contributed by atoms with Crippen molar-refractivity contribution < 1.29 is 115 Å². The molecule has 0 saturated carbocycles. The Kier molecular flexibility index (Phi) is 1240. The van der Waals surface area contributed by atoms with Gasteiger partial charge in [-0.3, -0.25) is 0 Å². The van der Waals surface area contributed by atoms with E-state index >= 15 is 0 Å². The van der Waals surface area contributed by atoms with Crippen molar-refractivity contribution >= 4 is 0 Å². The van der Waals surface area contributed by atoms with Gasteiger partial charge in [0.05, 0.1) is 15.3 Å². The van der Waals surface area contributed by atoms with Crippen LogP contribution in [0.4, 0.5) is 0 Å². The van der Waals surface area contributed by atoms with E-state index in [2.05, 4.69) is 0 Å². The van der Waals surface area contributed by atoms with Crippen LogP contribution in [0.1, 0.15) is 0 Å². The summed E-state index contributed by atoms with van der Waals surface area (Å²) in [4.78, 5) is 24.8. The summed E-state index contributed by atoms with van der Waals surface area (Å²) >= 11 is 0. The quantitative estimate of drug-likeness (QED) is 0.207. The Morgan fingerprint density at radius 3 is 0.333 bits per heavy atom. The number of hydrogen-bond acceptors (Lipinski definition) is 9. The summed E-state index contributed by atoms with van der Waals surface area (Å²) in [6.07, 6.45) is 0. The molecule has 0 aromatic carbocycles. The summed E-state index contributed by atoms with van der Waals surface area (Å²) < 4.78 is 0.